The summed E-state index contributed by atoms with van der Waals surface area (Å²) in [5, 5.41) is 0. The van der Waals surface area contributed by atoms with Gasteiger partial charge >= 0.3 is 10.4 Å². The summed E-state index contributed by atoms with van der Waals surface area (Å²) >= 11 is 0. The molecule has 5 heteroatoms. The van der Waals surface area contributed by atoms with Crippen molar-refractivity contribution in [3.63, 3.8) is 0 Å². The van der Waals surface area contributed by atoms with E-state index in [1.54, 1.807) is 0 Å². The van der Waals surface area contributed by atoms with E-state index in [1.807, 2.05) is 0 Å². The van der Waals surface area contributed by atoms with Crippen molar-refractivity contribution in [2.24, 2.45) is 0 Å². The van der Waals surface area contributed by atoms with Gasteiger partial charge in [0.15, 0.2) is 0 Å². The quantitative estimate of drug-likeness (QED) is 0.0494. The van der Waals surface area contributed by atoms with Crippen molar-refractivity contribution in [3.05, 3.63) is 0 Å². The Morgan fingerprint density at radius 2 is 0.255 bits per heavy atom. The van der Waals surface area contributed by atoms with Gasteiger partial charge in [0, 0.05) is 0 Å². The summed E-state index contributed by atoms with van der Waals surface area (Å²) < 4.78 is 31.6. The Labute approximate surface area is 352 Å². The smallest absolute Gasteiger partial charge is 0.264 e. The number of rotatable bonds is 35. The van der Waals surface area contributed by atoms with Crippen LogP contribution in [0.4, 0.5) is 0 Å². The van der Waals surface area contributed by atoms with Crippen molar-refractivity contribution in [1.82, 2.24) is 0 Å². The number of unbranched alkanes of at least 4 members (excludes halogenated alkanes) is 35. The lowest BCUT2D eigenvalue weighted by molar-refractivity contribution is 0.381. The van der Waals surface area contributed by atoms with Crippen LogP contribution < -0.4 is 0 Å². The second-order valence-electron chi connectivity index (χ2n) is 16.1. The second-order valence-corrected chi connectivity index (χ2v) is 17.0. The molecule has 2 N–H and O–H groups in total. The van der Waals surface area contributed by atoms with Crippen molar-refractivity contribution in [2.45, 2.75) is 326 Å². The van der Waals surface area contributed by atoms with Gasteiger partial charge in [-0.15, -0.1) is 0 Å². The van der Waals surface area contributed by atoms with Gasteiger partial charge in [-0.05, 0) is 0 Å². The Morgan fingerprint density at radius 3 is 0.309 bits per heavy atom. The second kappa shape index (κ2) is 71.6. The molecule has 0 amide bonds. The minimum Gasteiger partial charge on any atom is -0.264 e. The average Bonchev–Trinajstić information content (AvgIpc) is 3.16. The molecule has 0 bridgehead atoms. The van der Waals surface area contributed by atoms with E-state index >= 15 is 0 Å². The van der Waals surface area contributed by atoms with E-state index in [2.05, 4.69) is 69.2 Å². The third-order valence-electron chi connectivity index (χ3n) is 9.79. The molecule has 0 spiro atoms. The molecule has 0 aliphatic carbocycles. The average molecular weight is 810 g/mol. The largest absolute Gasteiger partial charge is 0.394 e. The van der Waals surface area contributed by atoms with Crippen LogP contribution in [0.2, 0.25) is 0 Å². The summed E-state index contributed by atoms with van der Waals surface area (Å²) in [4.78, 5) is 0. The predicted octanol–water partition coefficient (Wildman–Crippen LogP) is 20.1. The van der Waals surface area contributed by atoms with E-state index < -0.39 is 10.4 Å². The molecule has 0 heterocycles. The van der Waals surface area contributed by atoms with Crippen LogP contribution in [0.5, 0.6) is 0 Å². The summed E-state index contributed by atoms with van der Waals surface area (Å²) in [6.07, 6.45) is 57.3. The lowest BCUT2D eigenvalue weighted by atomic mass is 10.1. The van der Waals surface area contributed by atoms with Gasteiger partial charge in [0.05, 0.1) is 0 Å². The molecule has 0 fully saturated rings. The Kier molecular flexibility index (Phi) is 86.8. The van der Waals surface area contributed by atoms with E-state index in [4.69, 9.17) is 17.5 Å². The van der Waals surface area contributed by atoms with Crippen molar-refractivity contribution < 1.29 is 17.5 Å². The lowest BCUT2D eigenvalue weighted by Gasteiger charge is -1.97. The van der Waals surface area contributed by atoms with Crippen LogP contribution in [0.15, 0.2) is 0 Å². The molecule has 0 saturated heterocycles. The summed E-state index contributed by atoms with van der Waals surface area (Å²) in [6, 6.07) is 0. The van der Waals surface area contributed by atoms with Crippen LogP contribution in [0.3, 0.4) is 0 Å². The van der Waals surface area contributed by atoms with Gasteiger partial charge in [-0.1, -0.05) is 326 Å². The Bertz CT molecular complexity index is 497. The van der Waals surface area contributed by atoms with Crippen LogP contribution in [-0.2, 0) is 10.4 Å². The standard InChI is InChI=1S/5C10H22.H2O4S/c5*1-3-5-7-9-10-8-6-4-2;1-5(2,3)4/h5*3-10H2,1-2H3;(H2,1,2,3,4). The zero-order chi connectivity index (χ0) is 42.8. The van der Waals surface area contributed by atoms with Crippen molar-refractivity contribution in [2.75, 3.05) is 0 Å². The third-order valence-corrected chi connectivity index (χ3v) is 9.79. The first-order valence-electron chi connectivity index (χ1n) is 25.3. The fourth-order valence-electron chi connectivity index (χ4n) is 6.04. The normalized spacial score (nSPS) is 10.3. The Balaban J connectivity index is -0.000000132. The minimum atomic E-state index is -4.67. The lowest BCUT2D eigenvalue weighted by Crippen LogP contribution is -1.89. The van der Waals surface area contributed by atoms with Crippen molar-refractivity contribution >= 4 is 10.4 Å². The molecule has 0 aliphatic heterocycles. The topological polar surface area (TPSA) is 74.6 Å². The fourth-order valence-corrected chi connectivity index (χ4v) is 6.04. The first kappa shape index (κ1) is 66.7. The van der Waals surface area contributed by atoms with Gasteiger partial charge in [0.1, 0.15) is 0 Å². The molecule has 4 nitrogen and oxygen atoms in total. The highest BCUT2D eigenvalue weighted by Gasteiger charge is 1.91. The minimum absolute atomic E-state index is 1.37. The van der Waals surface area contributed by atoms with Crippen LogP contribution in [0, 0.1) is 0 Å². The van der Waals surface area contributed by atoms with Gasteiger partial charge < -0.3 is 0 Å². The van der Waals surface area contributed by atoms with Gasteiger partial charge in [-0.3, -0.25) is 9.11 Å². The van der Waals surface area contributed by atoms with Gasteiger partial charge in [0.2, 0.25) is 0 Å². The van der Waals surface area contributed by atoms with Crippen molar-refractivity contribution in [3.8, 4) is 0 Å². The van der Waals surface area contributed by atoms with E-state index in [-0.39, 0.29) is 0 Å². The maximum atomic E-state index is 8.74. The first-order chi connectivity index (χ1) is 26.6. The summed E-state index contributed by atoms with van der Waals surface area (Å²) in [5.74, 6) is 0. The molecular weight excluding hydrogens is 697 g/mol. The maximum Gasteiger partial charge on any atom is 0.394 e. The molecular formula is C50H112O4S. The molecule has 55 heavy (non-hydrogen) atoms. The summed E-state index contributed by atoms with van der Waals surface area (Å²) in [7, 11) is -4.67. The zero-order valence-electron chi connectivity index (χ0n) is 40.4. The number of hydrogen-bond acceptors (Lipinski definition) is 2. The molecule has 0 unspecified atom stereocenters. The van der Waals surface area contributed by atoms with Crippen LogP contribution in [0.25, 0.3) is 0 Å². The molecule has 0 rings (SSSR count). The highest BCUT2D eigenvalue weighted by molar-refractivity contribution is 7.79. The molecule has 0 aromatic heterocycles. The molecule has 342 valence electrons. The monoisotopic (exact) mass is 809 g/mol. The molecule has 0 aromatic carbocycles. The SMILES string of the molecule is CCCCCCCCCC.CCCCCCCCCC.CCCCCCCCCC.CCCCCCCCCC.CCCCCCCCCC.O=S(=O)(O)O. The van der Waals surface area contributed by atoms with Crippen molar-refractivity contribution in [1.29, 1.82) is 0 Å². The first-order valence-corrected chi connectivity index (χ1v) is 26.7. The molecule has 0 radical (unpaired) electrons. The van der Waals surface area contributed by atoms with E-state index in [0.717, 1.165) is 0 Å². The van der Waals surface area contributed by atoms with Gasteiger partial charge in [-0.25, -0.2) is 0 Å². The highest BCUT2D eigenvalue weighted by atomic mass is 32.3. The predicted molar refractivity (Wildman–Crippen MR) is 256 cm³/mol. The molecule has 0 atom stereocenters. The van der Waals surface area contributed by atoms with Gasteiger partial charge in [-0.2, -0.15) is 8.42 Å². The van der Waals surface area contributed by atoms with E-state index in [1.165, 1.54) is 257 Å². The Morgan fingerprint density at radius 1 is 0.200 bits per heavy atom. The van der Waals surface area contributed by atoms with Crippen LogP contribution in [0.1, 0.15) is 326 Å². The van der Waals surface area contributed by atoms with E-state index in [0.29, 0.717) is 0 Å². The molecule has 0 aromatic rings. The van der Waals surface area contributed by atoms with Crippen LogP contribution >= 0.6 is 0 Å². The van der Waals surface area contributed by atoms with E-state index in [9.17, 15) is 0 Å². The third kappa shape index (κ3) is 119. The summed E-state index contributed by atoms with van der Waals surface area (Å²) in [6.45, 7) is 22.7. The Hall–Kier alpha value is -0.130. The van der Waals surface area contributed by atoms with Gasteiger partial charge in [0.25, 0.3) is 0 Å². The highest BCUT2D eigenvalue weighted by Crippen LogP contribution is 2.10. The maximum absolute atomic E-state index is 8.74. The number of hydrogen-bond donors (Lipinski definition) is 2. The van der Waals surface area contributed by atoms with Crippen LogP contribution in [-0.4, -0.2) is 17.5 Å². The zero-order valence-corrected chi connectivity index (χ0v) is 41.2. The molecule has 0 saturated carbocycles. The fraction of sp³-hybridized carbons (Fsp3) is 1.00. The summed E-state index contributed by atoms with van der Waals surface area (Å²) in [5.41, 5.74) is 0. The molecule has 0 aliphatic rings.